The van der Waals surface area contributed by atoms with E-state index in [4.69, 9.17) is 0 Å². The second-order valence-corrected chi connectivity index (χ2v) is 20.5. The van der Waals surface area contributed by atoms with Crippen LogP contribution in [0.1, 0.15) is 150 Å². The molecule has 0 N–H and O–H groups in total. The molecule has 0 radical (unpaired) electrons. The van der Waals surface area contributed by atoms with E-state index in [1.54, 1.807) is 0 Å². The van der Waals surface area contributed by atoms with Gasteiger partial charge in [0.2, 0.25) is 0 Å². The van der Waals surface area contributed by atoms with Gasteiger partial charge in [0.05, 0.1) is 0 Å². The Kier molecular flexibility index (Phi) is 50.4. The van der Waals surface area contributed by atoms with Crippen molar-refractivity contribution in [1.29, 1.82) is 0 Å². The minimum absolute atomic E-state index is 0. The lowest BCUT2D eigenvalue weighted by atomic mass is 9.93. The van der Waals surface area contributed by atoms with Crippen molar-refractivity contribution in [3.8, 4) is 11.1 Å². The average Bonchev–Trinajstić information content (AvgIpc) is 0.820. The number of aryl methyl sites for hydroxylation is 9. The molecule has 13 aromatic rings. The number of carbonyl (C=O) groups excluding carboxylic acids is 1. The summed E-state index contributed by atoms with van der Waals surface area (Å²) in [6, 6.07) is 109. The molecule has 0 spiro atoms. The second-order valence-electron chi connectivity index (χ2n) is 20.5. The summed E-state index contributed by atoms with van der Waals surface area (Å²) < 4.78 is 0. The van der Waals surface area contributed by atoms with Gasteiger partial charge >= 0.3 is 0 Å². The maximum absolute atomic E-state index is 12.1. The van der Waals surface area contributed by atoms with Gasteiger partial charge in [0.15, 0.2) is 5.78 Å². The molecule has 0 amide bonds. The maximum atomic E-state index is 12.1. The van der Waals surface area contributed by atoms with Gasteiger partial charge in [0, 0.05) is 11.1 Å². The van der Waals surface area contributed by atoms with Crippen LogP contribution in [0.4, 0.5) is 0 Å². The predicted octanol–water partition coefficient (Wildman–Crippen LogP) is 29.0. The summed E-state index contributed by atoms with van der Waals surface area (Å²) in [6.45, 7) is 39.0. The van der Waals surface area contributed by atoms with Crippen LogP contribution in [0, 0.1) is 62.3 Å². The topological polar surface area (TPSA) is 17.1 Å². The van der Waals surface area contributed by atoms with Crippen molar-refractivity contribution in [3.63, 3.8) is 0 Å². The van der Waals surface area contributed by atoms with Crippen LogP contribution in [0.5, 0.6) is 0 Å². The quantitative estimate of drug-likeness (QED) is 0.127. The monoisotopic (exact) mass is 1260 g/mol. The molecule has 0 aliphatic heterocycles. The molecular formula is C94H118O. The van der Waals surface area contributed by atoms with E-state index in [1.165, 1.54) is 93.5 Å². The van der Waals surface area contributed by atoms with E-state index in [9.17, 15) is 4.79 Å². The fourth-order valence-electron chi connectivity index (χ4n) is 8.86. The normalized spacial score (nSPS) is 8.87. The van der Waals surface area contributed by atoms with Gasteiger partial charge in [-0.05, 0) is 122 Å². The molecular weight excluding hydrogens is 1150 g/mol. The zero-order chi connectivity index (χ0) is 69.0. The third kappa shape index (κ3) is 34.2. The number of fused-ring (bicyclic) bond motifs is 3. The Morgan fingerprint density at radius 1 is 0.200 bits per heavy atom. The van der Waals surface area contributed by atoms with Crippen LogP contribution < -0.4 is 0 Å². The highest BCUT2D eigenvalue weighted by Crippen LogP contribution is 2.31. The molecule has 95 heavy (non-hydrogen) atoms. The fraction of sp³-hybridized carbons (Fsp3) is 0.223. The Labute approximate surface area is 579 Å². The van der Waals surface area contributed by atoms with Gasteiger partial charge in [-0.3, -0.25) is 4.79 Å². The highest BCUT2D eigenvalue weighted by Gasteiger charge is 2.09. The third-order valence-electron chi connectivity index (χ3n) is 13.8. The lowest BCUT2D eigenvalue weighted by molar-refractivity contribution is 0.103. The number of benzene rings is 13. The number of hydrogen-bond acceptors (Lipinski definition) is 1. The molecule has 0 fully saturated rings. The molecule has 13 aromatic carbocycles. The molecule has 0 aliphatic rings. The first-order valence-corrected chi connectivity index (χ1v) is 33.5. The molecule has 0 unspecified atom stereocenters. The molecule has 0 heterocycles. The molecule has 0 atom stereocenters. The molecule has 500 valence electrons. The largest absolute Gasteiger partial charge is 0.289 e. The van der Waals surface area contributed by atoms with Crippen LogP contribution in [0.3, 0.4) is 0 Å². The summed E-state index contributed by atoms with van der Waals surface area (Å²) in [6.07, 6.45) is 0. The summed E-state index contributed by atoms with van der Waals surface area (Å²) in [5.41, 5.74) is 15.8. The highest BCUT2D eigenvalue weighted by molar-refractivity contribution is 6.09. The van der Waals surface area contributed by atoms with E-state index in [1.807, 2.05) is 241 Å². The molecule has 0 aromatic heterocycles. The van der Waals surface area contributed by atoms with Gasteiger partial charge in [0.1, 0.15) is 0 Å². The minimum atomic E-state index is 0. The van der Waals surface area contributed by atoms with E-state index in [2.05, 4.69) is 212 Å². The SMILES string of the molecule is C.C.CC.CC.CC.CC.CC.Cc1c2ccccc2c(C)c2ccccc12.Cc1ccc(-c2ccc(C)cc2)cc1.Cc1ccc(C(=O)c2ccc(C)cc2)cc1.Cc1cccc2ccccc12.Cc1ccccc1.Cc1ccccc1.c1ccccc1.c1ccccc1. The maximum Gasteiger partial charge on any atom is 0.193 e. The summed E-state index contributed by atoms with van der Waals surface area (Å²) >= 11 is 0. The first kappa shape index (κ1) is 87.4. The Balaban J connectivity index is 0. The fourth-order valence-corrected chi connectivity index (χ4v) is 8.86. The molecule has 13 rings (SSSR count). The summed E-state index contributed by atoms with van der Waals surface area (Å²) in [5, 5.41) is 8.18. The average molecular weight is 1260 g/mol. The Hall–Kier alpha value is -9.69. The lowest BCUT2D eigenvalue weighted by Gasteiger charge is -2.11. The van der Waals surface area contributed by atoms with E-state index in [0.29, 0.717) is 0 Å². The zero-order valence-corrected chi connectivity index (χ0v) is 60.0. The van der Waals surface area contributed by atoms with Crippen molar-refractivity contribution < 1.29 is 4.79 Å². The predicted molar refractivity (Wildman–Crippen MR) is 432 cm³/mol. The van der Waals surface area contributed by atoms with E-state index in [0.717, 1.165) is 11.1 Å². The van der Waals surface area contributed by atoms with Gasteiger partial charge < -0.3 is 0 Å². The van der Waals surface area contributed by atoms with Crippen molar-refractivity contribution in [3.05, 3.63) is 383 Å². The Bertz CT molecular complexity index is 3550. The lowest BCUT2D eigenvalue weighted by Crippen LogP contribution is -2.00. The van der Waals surface area contributed by atoms with E-state index >= 15 is 0 Å². The smallest absolute Gasteiger partial charge is 0.193 e. The number of rotatable bonds is 3. The van der Waals surface area contributed by atoms with Crippen molar-refractivity contribution >= 4 is 38.1 Å². The van der Waals surface area contributed by atoms with Crippen molar-refractivity contribution in [1.82, 2.24) is 0 Å². The molecule has 1 nitrogen and oxygen atoms in total. The molecule has 1 heteroatoms. The van der Waals surface area contributed by atoms with Crippen LogP contribution in [-0.4, -0.2) is 5.78 Å². The summed E-state index contributed by atoms with van der Waals surface area (Å²) in [5.74, 6) is 0.0833. The minimum Gasteiger partial charge on any atom is -0.289 e. The third-order valence-corrected chi connectivity index (χ3v) is 13.8. The zero-order valence-electron chi connectivity index (χ0n) is 60.0. The second kappa shape index (κ2) is 54.8. The van der Waals surface area contributed by atoms with Gasteiger partial charge in [-0.1, -0.05) is 439 Å². The first-order chi connectivity index (χ1) is 45.4. The highest BCUT2D eigenvalue weighted by atomic mass is 16.1. The number of carbonyl (C=O) groups is 1. The van der Waals surface area contributed by atoms with Crippen LogP contribution in [0.25, 0.3) is 43.4 Å². The number of ketones is 1. The van der Waals surface area contributed by atoms with Crippen molar-refractivity contribution in [2.75, 3.05) is 0 Å². The van der Waals surface area contributed by atoms with E-state index in [-0.39, 0.29) is 20.6 Å². The van der Waals surface area contributed by atoms with Crippen molar-refractivity contribution in [2.24, 2.45) is 0 Å². The summed E-state index contributed by atoms with van der Waals surface area (Å²) in [7, 11) is 0. The van der Waals surface area contributed by atoms with E-state index < -0.39 is 0 Å². The first-order valence-electron chi connectivity index (χ1n) is 33.5. The summed E-state index contributed by atoms with van der Waals surface area (Å²) in [4.78, 5) is 12.1. The Morgan fingerprint density at radius 2 is 0.400 bits per heavy atom. The standard InChI is InChI=1S/C16H14.C15H14O.C14H14.C11H10.2C7H8.2C6H6.5C2H6.2CH4/c1-11-13-7-3-5-9-15(13)12(2)16-10-6-4-8-14(11)16;1-11-3-7-13(8-4-11)15(16)14-9-5-12(2)6-10-14;1-11-3-7-13(8-4-11)14-9-5-12(2)6-10-14;1-9-5-4-7-10-6-2-3-8-11(9)10;2*1-7-5-3-2-4-6-7;2*1-2-4-6-5-3-1;5*1-2;;/h2*3-10H,1-2H3;3-10H,1-2H3;2-8H,1H3;2*2-6H,1H3;2*1-6H;5*1-2H3;2*1H4. The van der Waals surface area contributed by atoms with Crippen LogP contribution in [0.15, 0.2) is 322 Å². The van der Waals surface area contributed by atoms with Crippen LogP contribution >= 0.6 is 0 Å². The van der Waals surface area contributed by atoms with Crippen LogP contribution in [-0.2, 0) is 0 Å². The van der Waals surface area contributed by atoms with Gasteiger partial charge in [0.25, 0.3) is 0 Å². The van der Waals surface area contributed by atoms with Gasteiger partial charge in [-0.2, -0.15) is 0 Å². The molecule has 0 bridgehead atoms. The number of hydrogen-bond donors (Lipinski definition) is 0. The van der Waals surface area contributed by atoms with Crippen LogP contribution in [0.2, 0.25) is 0 Å². The Morgan fingerprint density at radius 3 is 0.642 bits per heavy atom. The van der Waals surface area contributed by atoms with Gasteiger partial charge in [-0.25, -0.2) is 0 Å². The molecule has 0 saturated heterocycles. The van der Waals surface area contributed by atoms with Gasteiger partial charge in [-0.15, -0.1) is 0 Å². The molecule has 0 aliphatic carbocycles. The molecule has 0 saturated carbocycles. The van der Waals surface area contributed by atoms with Crippen molar-refractivity contribution in [2.45, 2.75) is 146 Å².